The van der Waals surface area contributed by atoms with Gasteiger partial charge in [-0.3, -0.25) is 10.1 Å². The minimum absolute atomic E-state index is 0.0929. The Morgan fingerprint density at radius 2 is 2.11 bits per heavy atom. The molecule has 0 bridgehead atoms. The van der Waals surface area contributed by atoms with E-state index in [9.17, 15) is 15.2 Å². The SMILES string of the molecule is O=[N+]([O-])c1ccc(CCO[C@@H]2C=CCC[C@H]2O)cc1. The molecule has 0 aromatic heterocycles. The molecule has 5 nitrogen and oxygen atoms in total. The number of non-ortho nitro benzene ring substituents is 1. The molecule has 0 amide bonds. The van der Waals surface area contributed by atoms with E-state index in [1.54, 1.807) is 12.1 Å². The molecule has 0 fully saturated rings. The Hall–Kier alpha value is -1.72. The minimum Gasteiger partial charge on any atom is -0.390 e. The van der Waals surface area contributed by atoms with Crippen LogP contribution >= 0.6 is 0 Å². The Morgan fingerprint density at radius 1 is 1.37 bits per heavy atom. The summed E-state index contributed by atoms with van der Waals surface area (Å²) in [7, 11) is 0. The Morgan fingerprint density at radius 3 is 2.74 bits per heavy atom. The van der Waals surface area contributed by atoms with Crippen LogP contribution in [0.15, 0.2) is 36.4 Å². The van der Waals surface area contributed by atoms with Gasteiger partial charge in [-0.05, 0) is 24.8 Å². The molecule has 0 unspecified atom stereocenters. The predicted molar refractivity (Wildman–Crippen MR) is 70.9 cm³/mol. The fraction of sp³-hybridized carbons (Fsp3) is 0.429. The molecule has 2 rings (SSSR count). The summed E-state index contributed by atoms with van der Waals surface area (Å²) in [6, 6.07) is 6.44. The maximum Gasteiger partial charge on any atom is 0.269 e. The number of ether oxygens (including phenoxy) is 1. The van der Waals surface area contributed by atoms with Crippen molar-refractivity contribution in [1.82, 2.24) is 0 Å². The van der Waals surface area contributed by atoms with Gasteiger partial charge in [-0.2, -0.15) is 0 Å². The second-order valence-corrected chi connectivity index (χ2v) is 4.58. The average Bonchev–Trinajstić information content (AvgIpc) is 2.41. The zero-order valence-electron chi connectivity index (χ0n) is 10.6. The van der Waals surface area contributed by atoms with Gasteiger partial charge in [0, 0.05) is 12.1 Å². The normalized spacial score (nSPS) is 22.4. The molecule has 102 valence electrons. The largest absolute Gasteiger partial charge is 0.390 e. The van der Waals surface area contributed by atoms with Crippen LogP contribution in [0.2, 0.25) is 0 Å². The van der Waals surface area contributed by atoms with Crippen molar-refractivity contribution in [2.45, 2.75) is 31.5 Å². The van der Waals surface area contributed by atoms with Crippen LogP contribution in [0.25, 0.3) is 0 Å². The standard InChI is InChI=1S/C14H17NO4/c16-13-3-1-2-4-14(13)19-10-9-11-5-7-12(8-6-11)15(17)18/h2,4-8,13-14,16H,1,3,9-10H2/t13-,14-/m1/s1. The zero-order valence-corrected chi connectivity index (χ0v) is 10.6. The second-order valence-electron chi connectivity index (χ2n) is 4.58. The molecule has 0 spiro atoms. The van der Waals surface area contributed by atoms with Gasteiger partial charge in [-0.25, -0.2) is 0 Å². The van der Waals surface area contributed by atoms with Crippen LogP contribution in [0.1, 0.15) is 18.4 Å². The molecule has 2 atom stereocenters. The molecule has 0 aliphatic heterocycles. The van der Waals surface area contributed by atoms with Gasteiger partial charge in [0.25, 0.3) is 5.69 Å². The highest BCUT2D eigenvalue weighted by Crippen LogP contribution is 2.16. The summed E-state index contributed by atoms with van der Waals surface area (Å²) in [5, 5.41) is 20.2. The first-order chi connectivity index (χ1) is 9.16. The summed E-state index contributed by atoms with van der Waals surface area (Å²) in [5.41, 5.74) is 1.08. The van der Waals surface area contributed by atoms with Crippen LogP contribution in [0, 0.1) is 10.1 Å². The summed E-state index contributed by atoms with van der Waals surface area (Å²) in [6.45, 7) is 0.490. The van der Waals surface area contributed by atoms with Gasteiger partial charge in [0.2, 0.25) is 0 Å². The van der Waals surface area contributed by atoms with Crippen molar-refractivity contribution in [3.05, 3.63) is 52.1 Å². The minimum atomic E-state index is -0.429. The monoisotopic (exact) mass is 263 g/mol. The van der Waals surface area contributed by atoms with E-state index in [1.165, 1.54) is 12.1 Å². The molecular weight excluding hydrogens is 246 g/mol. The lowest BCUT2D eigenvalue weighted by molar-refractivity contribution is -0.384. The zero-order chi connectivity index (χ0) is 13.7. The number of aliphatic hydroxyl groups is 1. The van der Waals surface area contributed by atoms with Crippen LogP contribution in [0.5, 0.6) is 0 Å². The molecule has 19 heavy (non-hydrogen) atoms. The molecular formula is C14H17NO4. The third-order valence-corrected chi connectivity index (χ3v) is 3.18. The van der Waals surface area contributed by atoms with E-state index in [-0.39, 0.29) is 11.8 Å². The van der Waals surface area contributed by atoms with Crippen LogP contribution in [0.3, 0.4) is 0 Å². The van der Waals surface area contributed by atoms with Gasteiger partial charge in [0.15, 0.2) is 0 Å². The molecule has 1 N–H and O–H groups in total. The molecule has 0 radical (unpaired) electrons. The topological polar surface area (TPSA) is 72.6 Å². The summed E-state index contributed by atoms with van der Waals surface area (Å²) >= 11 is 0. The molecule has 0 saturated heterocycles. The summed E-state index contributed by atoms with van der Waals surface area (Å²) in [6.07, 6.45) is 5.55. The second kappa shape index (κ2) is 6.45. The number of benzene rings is 1. The van der Waals surface area contributed by atoms with Gasteiger partial charge in [-0.15, -0.1) is 0 Å². The Bertz CT molecular complexity index is 455. The molecule has 1 aliphatic carbocycles. The van der Waals surface area contributed by atoms with E-state index >= 15 is 0 Å². The van der Waals surface area contributed by atoms with Crippen molar-refractivity contribution in [3.8, 4) is 0 Å². The third kappa shape index (κ3) is 3.87. The van der Waals surface area contributed by atoms with Crippen molar-refractivity contribution in [1.29, 1.82) is 0 Å². The Kier molecular flexibility index (Phi) is 4.65. The number of hydrogen-bond acceptors (Lipinski definition) is 4. The number of nitrogens with zero attached hydrogens (tertiary/aromatic N) is 1. The van der Waals surface area contributed by atoms with E-state index in [1.807, 2.05) is 12.2 Å². The van der Waals surface area contributed by atoms with Gasteiger partial charge < -0.3 is 9.84 Å². The number of aliphatic hydroxyl groups excluding tert-OH is 1. The van der Waals surface area contributed by atoms with Gasteiger partial charge >= 0.3 is 0 Å². The average molecular weight is 263 g/mol. The third-order valence-electron chi connectivity index (χ3n) is 3.18. The number of allylic oxidation sites excluding steroid dienone is 1. The lowest BCUT2D eigenvalue weighted by Gasteiger charge is -2.23. The first-order valence-electron chi connectivity index (χ1n) is 6.36. The fourth-order valence-corrected chi connectivity index (χ4v) is 2.05. The summed E-state index contributed by atoms with van der Waals surface area (Å²) in [4.78, 5) is 10.1. The first-order valence-corrected chi connectivity index (χ1v) is 6.36. The van der Waals surface area contributed by atoms with Crippen molar-refractivity contribution in [2.75, 3.05) is 6.61 Å². The molecule has 1 aromatic rings. The lowest BCUT2D eigenvalue weighted by Crippen LogP contribution is -2.29. The van der Waals surface area contributed by atoms with Crippen molar-refractivity contribution >= 4 is 5.69 Å². The smallest absolute Gasteiger partial charge is 0.269 e. The molecule has 5 heteroatoms. The molecule has 0 heterocycles. The quantitative estimate of drug-likeness (QED) is 0.502. The van der Waals surface area contributed by atoms with E-state index in [0.29, 0.717) is 13.0 Å². The van der Waals surface area contributed by atoms with Crippen LogP contribution < -0.4 is 0 Å². The number of rotatable bonds is 5. The molecule has 1 aliphatic rings. The first kappa shape index (κ1) is 13.7. The Labute approximate surface area is 111 Å². The summed E-state index contributed by atoms with van der Waals surface area (Å²) in [5.74, 6) is 0. The van der Waals surface area contributed by atoms with E-state index in [4.69, 9.17) is 4.74 Å². The van der Waals surface area contributed by atoms with Crippen molar-refractivity contribution < 1.29 is 14.8 Å². The highest BCUT2D eigenvalue weighted by Gasteiger charge is 2.19. The van der Waals surface area contributed by atoms with Crippen molar-refractivity contribution in [2.24, 2.45) is 0 Å². The van der Waals surface area contributed by atoms with Crippen LogP contribution in [-0.2, 0) is 11.2 Å². The lowest BCUT2D eigenvalue weighted by atomic mass is 10.0. The van der Waals surface area contributed by atoms with E-state index in [0.717, 1.165) is 18.4 Å². The highest BCUT2D eigenvalue weighted by atomic mass is 16.6. The van der Waals surface area contributed by atoms with Gasteiger partial charge in [0.1, 0.15) is 6.10 Å². The number of hydrogen-bond donors (Lipinski definition) is 1. The van der Waals surface area contributed by atoms with Gasteiger partial charge in [-0.1, -0.05) is 24.3 Å². The van der Waals surface area contributed by atoms with Crippen LogP contribution in [0.4, 0.5) is 5.69 Å². The number of nitro benzene ring substituents is 1. The van der Waals surface area contributed by atoms with E-state index in [2.05, 4.69) is 0 Å². The Balaban J connectivity index is 1.80. The predicted octanol–water partition coefficient (Wildman–Crippen LogP) is 2.23. The number of nitro groups is 1. The summed E-state index contributed by atoms with van der Waals surface area (Å²) < 4.78 is 5.61. The van der Waals surface area contributed by atoms with Crippen LogP contribution in [-0.4, -0.2) is 28.8 Å². The van der Waals surface area contributed by atoms with E-state index < -0.39 is 11.0 Å². The highest BCUT2D eigenvalue weighted by molar-refractivity contribution is 5.32. The maximum absolute atomic E-state index is 10.5. The van der Waals surface area contributed by atoms with Crippen molar-refractivity contribution in [3.63, 3.8) is 0 Å². The molecule has 1 aromatic carbocycles. The van der Waals surface area contributed by atoms with Gasteiger partial charge in [0.05, 0.1) is 17.6 Å². The fourth-order valence-electron chi connectivity index (χ4n) is 2.05. The molecule has 0 saturated carbocycles. The maximum atomic E-state index is 10.5.